The molecule has 0 aliphatic heterocycles. The predicted molar refractivity (Wildman–Crippen MR) is 65.5 cm³/mol. The Kier molecular flexibility index (Phi) is 2.22. The molecular formula is C10H12N8. The summed E-state index contributed by atoms with van der Waals surface area (Å²) in [5, 5.41) is 8.09. The maximum Gasteiger partial charge on any atom is 0.183 e. The molecule has 0 spiro atoms. The van der Waals surface area contributed by atoms with Crippen LogP contribution < -0.4 is 5.73 Å². The van der Waals surface area contributed by atoms with Crippen molar-refractivity contribution in [2.75, 3.05) is 5.73 Å². The number of aromatic amines is 1. The van der Waals surface area contributed by atoms with Crippen LogP contribution in [0, 0.1) is 0 Å². The van der Waals surface area contributed by atoms with Gasteiger partial charge in [-0.2, -0.15) is 0 Å². The van der Waals surface area contributed by atoms with Crippen molar-refractivity contribution >= 4 is 17.0 Å². The first-order chi connectivity index (χ1) is 8.65. The van der Waals surface area contributed by atoms with E-state index in [9.17, 15) is 0 Å². The summed E-state index contributed by atoms with van der Waals surface area (Å²) in [6.45, 7) is 4.06. The highest BCUT2D eigenvalue weighted by molar-refractivity contribution is 5.83. The Morgan fingerprint density at radius 2 is 2.17 bits per heavy atom. The molecule has 0 unspecified atom stereocenters. The van der Waals surface area contributed by atoms with Gasteiger partial charge in [-0.25, -0.2) is 19.6 Å². The van der Waals surface area contributed by atoms with Gasteiger partial charge >= 0.3 is 0 Å². The van der Waals surface area contributed by atoms with Gasteiger partial charge in [0.05, 0.1) is 6.20 Å². The lowest BCUT2D eigenvalue weighted by atomic mass is 10.4. The molecule has 3 N–H and O–H groups in total. The van der Waals surface area contributed by atoms with Crippen LogP contribution in [0.15, 0.2) is 12.5 Å². The second kappa shape index (κ2) is 3.76. The highest BCUT2D eigenvalue weighted by Gasteiger charge is 2.12. The highest BCUT2D eigenvalue weighted by Crippen LogP contribution is 2.20. The number of anilines is 1. The summed E-state index contributed by atoms with van der Waals surface area (Å²) in [5.74, 6) is 0.958. The van der Waals surface area contributed by atoms with Gasteiger partial charge < -0.3 is 10.7 Å². The van der Waals surface area contributed by atoms with Crippen molar-refractivity contribution < 1.29 is 0 Å². The molecule has 3 aromatic heterocycles. The number of hydrogen-bond donors (Lipinski definition) is 2. The molecule has 0 bridgehead atoms. The Hall–Kier alpha value is -2.51. The number of H-pyrrole nitrogens is 1. The zero-order valence-corrected chi connectivity index (χ0v) is 9.99. The van der Waals surface area contributed by atoms with Gasteiger partial charge in [-0.1, -0.05) is 5.21 Å². The largest absolute Gasteiger partial charge is 0.382 e. The zero-order chi connectivity index (χ0) is 12.7. The lowest BCUT2D eigenvalue weighted by molar-refractivity contribution is 0.514. The minimum atomic E-state index is 0.250. The number of rotatable bonds is 2. The SMILES string of the molecule is CC(C)n1cc(-c2nc3ncnc(N)c3[nH]2)nn1. The maximum absolute atomic E-state index is 5.74. The van der Waals surface area contributed by atoms with Crippen molar-refractivity contribution in [2.45, 2.75) is 19.9 Å². The van der Waals surface area contributed by atoms with Crippen LogP contribution in [-0.2, 0) is 0 Å². The molecule has 92 valence electrons. The zero-order valence-electron chi connectivity index (χ0n) is 9.99. The third-order valence-corrected chi connectivity index (χ3v) is 2.60. The first kappa shape index (κ1) is 10.6. The van der Waals surface area contributed by atoms with Gasteiger partial charge in [-0.15, -0.1) is 5.10 Å². The molecule has 0 atom stereocenters. The molecule has 0 fully saturated rings. The van der Waals surface area contributed by atoms with Crippen molar-refractivity contribution in [2.24, 2.45) is 0 Å². The molecule has 3 heterocycles. The number of aromatic nitrogens is 7. The lowest BCUT2D eigenvalue weighted by Crippen LogP contribution is -2.00. The summed E-state index contributed by atoms with van der Waals surface area (Å²) in [6, 6.07) is 0.250. The van der Waals surface area contributed by atoms with E-state index in [4.69, 9.17) is 5.73 Å². The standard InChI is InChI=1S/C10H12N8/c1-5(2)18-3-6(16-17-18)9-14-7-8(11)12-4-13-10(7)15-9/h3-5H,1-2H3,(H3,11,12,13,14,15). The van der Waals surface area contributed by atoms with E-state index in [-0.39, 0.29) is 6.04 Å². The minimum absolute atomic E-state index is 0.250. The Morgan fingerprint density at radius 3 is 2.83 bits per heavy atom. The Labute approximate surface area is 102 Å². The molecule has 0 aromatic carbocycles. The highest BCUT2D eigenvalue weighted by atomic mass is 15.4. The Bertz CT molecular complexity index is 695. The number of nitrogen functional groups attached to an aromatic ring is 1. The van der Waals surface area contributed by atoms with Crippen LogP contribution in [0.1, 0.15) is 19.9 Å². The van der Waals surface area contributed by atoms with Gasteiger partial charge in [-0.3, -0.25) is 0 Å². The van der Waals surface area contributed by atoms with Gasteiger partial charge in [0.2, 0.25) is 0 Å². The van der Waals surface area contributed by atoms with E-state index in [0.717, 1.165) is 0 Å². The molecule has 0 radical (unpaired) electrons. The van der Waals surface area contributed by atoms with Crippen LogP contribution in [0.3, 0.4) is 0 Å². The van der Waals surface area contributed by atoms with Gasteiger partial charge in [0.15, 0.2) is 17.3 Å². The first-order valence-electron chi connectivity index (χ1n) is 5.53. The molecular weight excluding hydrogens is 232 g/mol. The fraction of sp³-hybridized carbons (Fsp3) is 0.300. The van der Waals surface area contributed by atoms with Crippen molar-refractivity contribution in [3.05, 3.63) is 12.5 Å². The third kappa shape index (κ3) is 1.58. The predicted octanol–water partition coefficient (Wildman–Crippen LogP) is 0.774. The summed E-state index contributed by atoms with van der Waals surface area (Å²) in [4.78, 5) is 15.3. The number of nitrogens with one attached hydrogen (secondary N) is 1. The second-order valence-electron chi connectivity index (χ2n) is 4.22. The molecule has 3 aromatic rings. The van der Waals surface area contributed by atoms with Crippen molar-refractivity contribution in [3.8, 4) is 11.5 Å². The monoisotopic (exact) mass is 244 g/mol. The molecule has 0 aliphatic rings. The van der Waals surface area contributed by atoms with Crippen LogP contribution >= 0.6 is 0 Å². The molecule has 8 heteroatoms. The van der Waals surface area contributed by atoms with E-state index in [0.29, 0.717) is 28.5 Å². The van der Waals surface area contributed by atoms with Gasteiger partial charge in [-0.05, 0) is 13.8 Å². The maximum atomic E-state index is 5.74. The number of nitrogens with two attached hydrogens (primary N) is 1. The number of nitrogens with zero attached hydrogens (tertiary/aromatic N) is 6. The molecule has 0 saturated heterocycles. The second-order valence-corrected chi connectivity index (χ2v) is 4.22. The van der Waals surface area contributed by atoms with Crippen LogP contribution in [0.5, 0.6) is 0 Å². The van der Waals surface area contributed by atoms with Crippen LogP contribution in [0.4, 0.5) is 5.82 Å². The molecule has 3 rings (SSSR count). The van der Waals surface area contributed by atoms with Crippen LogP contribution in [0.25, 0.3) is 22.7 Å². The number of fused-ring (bicyclic) bond motifs is 1. The topological polar surface area (TPSA) is 111 Å². The summed E-state index contributed by atoms with van der Waals surface area (Å²) in [5.41, 5.74) is 7.53. The van der Waals surface area contributed by atoms with Gasteiger partial charge in [0.1, 0.15) is 17.5 Å². The fourth-order valence-corrected chi connectivity index (χ4v) is 1.61. The summed E-state index contributed by atoms with van der Waals surface area (Å²) >= 11 is 0. The van der Waals surface area contributed by atoms with E-state index in [1.54, 1.807) is 4.68 Å². The van der Waals surface area contributed by atoms with E-state index >= 15 is 0 Å². The lowest BCUT2D eigenvalue weighted by Gasteiger charge is -2.00. The minimum Gasteiger partial charge on any atom is -0.382 e. The summed E-state index contributed by atoms with van der Waals surface area (Å²) in [7, 11) is 0. The average Bonchev–Trinajstić information content (AvgIpc) is 2.95. The van der Waals surface area contributed by atoms with Crippen LogP contribution in [0.2, 0.25) is 0 Å². The average molecular weight is 244 g/mol. The summed E-state index contributed by atoms with van der Waals surface area (Å²) in [6.07, 6.45) is 3.21. The van der Waals surface area contributed by atoms with Crippen molar-refractivity contribution in [1.29, 1.82) is 0 Å². The van der Waals surface area contributed by atoms with Crippen molar-refractivity contribution in [1.82, 2.24) is 34.9 Å². The van der Waals surface area contributed by atoms with Gasteiger partial charge in [0, 0.05) is 6.04 Å². The Balaban J connectivity index is 2.10. The summed E-state index contributed by atoms with van der Waals surface area (Å²) < 4.78 is 1.76. The van der Waals surface area contributed by atoms with E-state index in [1.807, 2.05) is 20.0 Å². The molecule has 0 amide bonds. The molecule has 18 heavy (non-hydrogen) atoms. The van der Waals surface area contributed by atoms with E-state index in [2.05, 4.69) is 30.2 Å². The Morgan fingerprint density at radius 1 is 1.33 bits per heavy atom. The van der Waals surface area contributed by atoms with Gasteiger partial charge in [0.25, 0.3) is 0 Å². The third-order valence-electron chi connectivity index (χ3n) is 2.60. The van der Waals surface area contributed by atoms with E-state index in [1.165, 1.54) is 6.33 Å². The normalized spacial score (nSPS) is 11.5. The number of hydrogen-bond acceptors (Lipinski definition) is 6. The molecule has 0 aliphatic carbocycles. The first-order valence-corrected chi connectivity index (χ1v) is 5.53. The fourth-order valence-electron chi connectivity index (χ4n) is 1.61. The van der Waals surface area contributed by atoms with E-state index < -0.39 is 0 Å². The molecule has 8 nitrogen and oxygen atoms in total. The van der Waals surface area contributed by atoms with Crippen LogP contribution in [-0.4, -0.2) is 34.9 Å². The quantitative estimate of drug-likeness (QED) is 0.688. The number of imidazole rings is 1. The molecule has 0 saturated carbocycles. The smallest absolute Gasteiger partial charge is 0.183 e. The van der Waals surface area contributed by atoms with Crippen molar-refractivity contribution in [3.63, 3.8) is 0 Å².